The Labute approximate surface area is 177 Å². The average molecular weight is 498 g/mol. The third-order valence-electron chi connectivity index (χ3n) is 5.02. The van der Waals surface area contributed by atoms with Crippen LogP contribution in [0.1, 0.15) is 22.6 Å². The molecule has 5 aromatic rings. The van der Waals surface area contributed by atoms with E-state index in [2.05, 4.69) is 51.8 Å². The number of H-pyrrole nitrogens is 2. The number of phenolic OH excluding ortho intramolecular Hbond substituents is 1. The van der Waals surface area contributed by atoms with Crippen molar-refractivity contribution in [2.45, 2.75) is 5.92 Å². The summed E-state index contributed by atoms with van der Waals surface area (Å²) in [5.41, 5.74) is 5.28. The lowest BCUT2D eigenvalue weighted by Crippen LogP contribution is -2.02. The minimum absolute atomic E-state index is 0.0355. The molecule has 0 saturated heterocycles. The molecule has 0 aliphatic heterocycles. The van der Waals surface area contributed by atoms with Crippen LogP contribution in [0.2, 0.25) is 0 Å². The Morgan fingerprint density at radius 1 is 0.750 bits per heavy atom. The molecule has 0 radical (unpaired) electrons. The van der Waals surface area contributed by atoms with Crippen molar-refractivity contribution >= 4 is 53.7 Å². The van der Waals surface area contributed by atoms with Gasteiger partial charge in [-0.25, -0.2) is 9.97 Å². The van der Waals surface area contributed by atoms with Gasteiger partial charge in [-0.15, -0.1) is 0 Å². The van der Waals surface area contributed by atoms with E-state index < -0.39 is 0 Å². The maximum atomic E-state index is 9.77. The van der Waals surface area contributed by atoms with E-state index >= 15 is 0 Å². The molecule has 4 heterocycles. The van der Waals surface area contributed by atoms with Gasteiger partial charge in [-0.1, -0.05) is 12.1 Å². The number of benzene rings is 1. The predicted octanol–water partition coefficient (Wildman–Crippen LogP) is 5.85. The standard InChI is InChI=1S/C21H14Br2N4O/c22-20-18-13(5-7-24-20)15(9-26-18)17(11-1-3-12(28)4-2-11)16-10-27-19-14(16)6-8-25-21(19)23/h1-10,17,26-28H. The van der Waals surface area contributed by atoms with Gasteiger partial charge in [0.15, 0.2) is 0 Å². The predicted molar refractivity (Wildman–Crippen MR) is 117 cm³/mol. The average Bonchev–Trinajstić information content (AvgIpc) is 3.31. The normalized spacial score (nSPS) is 11.7. The fraction of sp³-hybridized carbons (Fsp3) is 0.0476. The van der Waals surface area contributed by atoms with Gasteiger partial charge in [-0.05, 0) is 72.8 Å². The number of nitrogens with zero attached hydrogens (tertiary/aromatic N) is 2. The van der Waals surface area contributed by atoms with E-state index in [0.717, 1.165) is 47.7 Å². The van der Waals surface area contributed by atoms with Crippen molar-refractivity contribution in [2.24, 2.45) is 0 Å². The molecular formula is C21H14Br2N4O. The van der Waals surface area contributed by atoms with Crippen LogP contribution in [-0.4, -0.2) is 25.0 Å². The van der Waals surface area contributed by atoms with Gasteiger partial charge in [-0.2, -0.15) is 0 Å². The second kappa shape index (κ2) is 6.76. The van der Waals surface area contributed by atoms with Crippen LogP contribution < -0.4 is 0 Å². The Morgan fingerprint density at radius 2 is 1.25 bits per heavy atom. The van der Waals surface area contributed by atoms with Gasteiger partial charge >= 0.3 is 0 Å². The van der Waals surface area contributed by atoms with Crippen molar-refractivity contribution in [1.82, 2.24) is 19.9 Å². The van der Waals surface area contributed by atoms with Crippen molar-refractivity contribution in [2.75, 3.05) is 0 Å². The molecule has 138 valence electrons. The van der Waals surface area contributed by atoms with Crippen molar-refractivity contribution in [3.8, 4) is 5.75 Å². The van der Waals surface area contributed by atoms with Gasteiger partial charge < -0.3 is 15.1 Å². The molecule has 0 atom stereocenters. The third-order valence-corrected chi connectivity index (χ3v) is 6.23. The number of nitrogens with one attached hydrogen (secondary N) is 2. The molecule has 0 aliphatic carbocycles. The molecule has 7 heteroatoms. The fourth-order valence-corrected chi connectivity index (χ4v) is 4.65. The highest BCUT2D eigenvalue weighted by Gasteiger charge is 2.24. The quantitative estimate of drug-likeness (QED) is 0.273. The van der Waals surface area contributed by atoms with E-state index in [1.54, 1.807) is 24.5 Å². The zero-order valence-electron chi connectivity index (χ0n) is 14.4. The molecule has 0 unspecified atom stereocenters. The summed E-state index contributed by atoms with van der Waals surface area (Å²) in [7, 11) is 0. The van der Waals surface area contributed by atoms with Gasteiger partial charge in [0.1, 0.15) is 15.0 Å². The van der Waals surface area contributed by atoms with Crippen LogP contribution in [0.25, 0.3) is 21.8 Å². The first-order valence-corrected chi connectivity index (χ1v) is 10.2. The Bertz CT molecular complexity index is 1230. The van der Waals surface area contributed by atoms with E-state index in [1.165, 1.54) is 0 Å². The summed E-state index contributed by atoms with van der Waals surface area (Å²) in [6.45, 7) is 0. The lowest BCUT2D eigenvalue weighted by molar-refractivity contribution is 0.475. The summed E-state index contributed by atoms with van der Waals surface area (Å²) in [6, 6.07) is 11.4. The number of aromatic hydroxyl groups is 1. The number of aromatic amines is 2. The summed E-state index contributed by atoms with van der Waals surface area (Å²) in [4.78, 5) is 15.3. The summed E-state index contributed by atoms with van der Waals surface area (Å²) in [5, 5.41) is 12.0. The first-order chi connectivity index (χ1) is 13.6. The van der Waals surface area contributed by atoms with Gasteiger partial charge in [-0.3, -0.25) is 0 Å². The first kappa shape index (κ1) is 17.5. The molecule has 0 amide bonds. The Kier molecular flexibility index (Phi) is 4.21. The molecule has 0 spiro atoms. The number of hydrogen-bond acceptors (Lipinski definition) is 3. The molecule has 28 heavy (non-hydrogen) atoms. The number of hydrogen-bond donors (Lipinski definition) is 3. The van der Waals surface area contributed by atoms with Crippen LogP contribution in [0.3, 0.4) is 0 Å². The third kappa shape index (κ3) is 2.73. The molecule has 0 bridgehead atoms. The molecule has 3 N–H and O–H groups in total. The Balaban J connectivity index is 1.81. The Hall–Kier alpha value is -2.64. The summed E-state index contributed by atoms with van der Waals surface area (Å²) in [5.74, 6) is 0.214. The lowest BCUT2D eigenvalue weighted by atomic mass is 9.85. The minimum atomic E-state index is -0.0355. The zero-order valence-corrected chi connectivity index (χ0v) is 17.6. The van der Waals surface area contributed by atoms with Crippen molar-refractivity contribution in [3.63, 3.8) is 0 Å². The lowest BCUT2D eigenvalue weighted by Gasteiger charge is -2.17. The molecule has 1 aromatic carbocycles. The van der Waals surface area contributed by atoms with Crippen molar-refractivity contribution < 1.29 is 5.11 Å². The highest BCUT2D eigenvalue weighted by atomic mass is 79.9. The summed E-state index contributed by atoms with van der Waals surface area (Å²) < 4.78 is 1.57. The smallest absolute Gasteiger partial charge is 0.130 e. The molecule has 4 aromatic heterocycles. The number of aromatic nitrogens is 4. The maximum absolute atomic E-state index is 9.77. The first-order valence-electron chi connectivity index (χ1n) is 8.65. The van der Waals surface area contributed by atoms with Gasteiger partial charge in [0.25, 0.3) is 0 Å². The number of fused-ring (bicyclic) bond motifs is 2. The van der Waals surface area contributed by atoms with E-state index in [1.807, 2.05) is 36.7 Å². The van der Waals surface area contributed by atoms with E-state index in [0.29, 0.717) is 0 Å². The van der Waals surface area contributed by atoms with Crippen LogP contribution in [0.4, 0.5) is 0 Å². The molecular weight excluding hydrogens is 484 g/mol. The van der Waals surface area contributed by atoms with Crippen LogP contribution in [0.15, 0.2) is 70.4 Å². The molecule has 5 rings (SSSR count). The number of rotatable bonds is 3. The van der Waals surface area contributed by atoms with Gasteiger partial charge in [0.2, 0.25) is 0 Å². The zero-order chi connectivity index (χ0) is 19.3. The summed E-state index contributed by atoms with van der Waals surface area (Å²) in [6.07, 6.45) is 7.66. The van der Waals surface area contributed by atoms with Crippen LogP contribution in [0.5, 0.6) is 5.75 Å². The SMILES string of the molecule is Oc1ccc(C(c2c[nH]c3c(Br)nccc23)c2c[nH]c3c(Br)nccc23)cc1. The van der Waals surface area contributed by atoms with Crippen LogP contribution >= 0.6 is 31.9 Å². The highest BCUT2D eigenvalue weighted by Crippen LogP contribution is 2.41. The maximum Gasteiger partial charge on any atom is 0.130 e. The largest absolute Gasteiger partial charge is 0.508 e. The van der Waals surface area contributed by atoms with Gasteiger partial charge in [0, 0.05) is 41.5 Å². The molecule has 0 saturated carbocycles. The monoisotopic (exact) mass is 496 g/mol. The number of pyridine rings is 2. The van der Waals surface area contributed by atoms with Crippen molar-refractivity contribution in [3.05, 3.63) is 87.1 Å². The number of phenols is 1. The highest BCUT2D eigenvalue weighted by molar-refractivity contribution is 9.10. The van der Waals surface area contributed by atoms with Crippen LogP contribution in [0, 0.1) is 0 Å². The van der Waals surface area contributed by atoms with E-state index in [9.17, 15) is 5.11 Å². The van der Waals surface area contributed by atoms with Gasteiger partial charge in [0.05, 0.1) is 11.0 Å². The van der Waals surface area contributed by atoms with Crippen molar-refractivity contribution in [1.29, 1.82) is 0 Å². The molecule has 0 aliphatic rings. The second-order valence-corrected chi connectivity index (χ2v) is 8.06. The molecule has 5 nitrogen and oxygen atoms in total. The van der Waals surface area contributed by atoms with Crippen LogP contribution in [-0.2, 0) is 0 Å². The van der Waals surface area contributed by atoms with E-state index in [-0.39, 0.29) is 11.7 Å². The Morgan fingerprint density at radius 3 is 1.75 bits per heavy atom. The topological polar surface area (TPSA) is 77.6 Å². The minimum Gasteiger partial charge on any atom is -0.508 e. The van der Waals surface area contributed by atoms with E-state index in [4.69, 9.17) is 0 Å². The molecule has 0 fully saturated rings. The summed E-state index contributed by atoms with van der Waals surface area (Å²) >= 11 is 7.05. The fourth-order valence-electron chi connectivity index (χ4n) is 3.75. The second-order valence-electron chi connectivity index (χ2n) is 6.56. The number of halogens is 2.